The number of ether oxygens (including phenoxy) is 1. The van der Waals surface area contributed by atoms with Crippen LogP contribution in [-0.4, -0.2) is 0 Å². The summed E-state index contributed by atoms with van der Waals surface area (Å²) >= 11 is 3.19. The van der Waals surface area contributed by atoms with Crippen LogP contribution in [0.3, 0.4) is 0 Å². The van der Waals surface area contributed by atoms with Crippen molar-refractivity contribution in [1.29, 1.82) is 0 Å². The molecule has 2 N–H and O–H groups in total. The van der Waals surface area contributed by atoms with Crippen LogP contribution in [0.1, 0.15) is 28.3 Å². The van der Waals surface area contributed by atoms with E-state index < -0.39 is 6.04 Å². The van der Waals surface area contributed by atoms with Crippen LogP contribution in [0.15, 0.2) is 40.9 Å². The van der Waals surface area contributed by atoms with Gasteiger partial charge in [0.2, 0.25) is 0 Å². The maximum Gasteiger partial charge on any atom is 0.142 e. The van der Waals surface area contributed by atoms with Crippen molar-refractivity contribution < 1.29 is 9.13 Å². The van der Waals surface area contributed by atoms with Crippen molar-refractivity contribution >= 4 is 15.9 Å². The molecular formula is C15H13BrFNO. The predicted octanol–water partition coefficient (Wildman–Crippen LogP) is 3.67. The molecule has 0 aromatic heterocycles. The van der Waals surface area contributed by atoms with Crippen LogP contribution < -0.4 is 5.73 Å². The third-order valence-corrected chi connectivity index (χ3v) is 4.03. The quantitative estimate of drug-likeness (QED) is 0.916. The van der Waals surface area contributed by atoms with Gasteiger partial charge in [0.15, 0.2) is 0 Å². The van der Waals surface area contributed by atoms with E-state index in [0.717, 1.165) is 11.1 Å². The Balaban J connectivity index is 2.00. The lowest BCUT2D eigenvalue weighted by Crippen LogP contribution is -2.14. The molecule has 0 amide bonds. The summed E-state index contributed by atoms with van der Waals surface area (Å²) in [6.07, 6.45) is 0. The SMILES string of the molecule is NC(c1ccc2c(c1)COC2)c1cccc(Br)c1F. The normalized spacial score (nSPS) is 15.3. The van der Waals surface area contributed by atoms with Crippen molar-refractivity contribution in [2.24, 2.45) is 5.73 Å². The Bertz CT molecular complexity index is 630. The van der Waals surface area contributed by atoms with Crippen molar-refractivity contribution in [3.8, 4) is 0 Å². The zero-order chi connectivity index (χ0) is 13.4. The fourth-order valence-electron chi connectivity index (χ4n) is 2.33. The fourth-order valence-corrected chi connectivity index (χ4v) is 2.71. The summed E-state index contributed by atoms with van der Waals surface area (Å²) in [6.45, 7) is 1.26. The van der Waals surface area contributed by atoms with E-state index in [1.165, 1.54) is 5.56 Å². The summed E-state index contributed by atoms with van der Waals surface area (Å²) in [7, 11) is 0. The largest absolute Gasteiger partial charge is 0.372 e. The van der Waals surface area contributed by atoms with Crippen molar-refractivity contribution in [1.82, 2.24) is 0 Å². The Labute approximate surface area is 119 Å². The molecule has 1 aliphatic rings. The Morgan fingerprint density at radius 1 is 1.16 bits per heavy atom. The summed E-state index contributed by atoms with van der Waals surface area (Å²) in [5.41, 5.74) is 9.90. The number of rotatable bonds is 2. The highest BCUT2D eigenvalue weighted by Gasteiger charge is 2.18. The highest BCUT2D eigenvalue weighted by Crippen LogP contribution is 2.29. The lowest BCUT2D eigenvalue weighted by Gasteiger charge is -2.15. The first kappa shape index (κ1) is 12.8. The van der Waals surface area contributed by atoms with E-state index in [4.69, 9.17) is 10.5 Å². The van der Waals surface area contributed by atoms with Crippen LogP contribution in [0.25, 0.3) is 0 Å². The molecule has 4 heteroatoms. The van der Waals surface area contributed by atoms with Gasteiger partial charge >= 0.3 is 0 Å². The molecule has 0 radical (unpaired) electrons. The molecule has 0 saturated heterocycles. The molecule has 0 bridgehead atoms. The third kappa shape index (κ3) is 2.31. The molecule has 0 spiro atoms. The maximum atomic E-state index is 14.1. The molecule has 98 valence electrons. The van der Waals surface area contributed by atoms with Gasteiger partial charge in [-0.1, -0.05) is 30.3 Å². The molecular weight excluding hydrogens is 309 g/mol. The summed E-state index contributed by atoms with van der Waals surface area (Å²) in [5, 5.41) is 0. The highest BCUT2D eigenvalue weighted by atomic mass is 79.9. The van der Waals surface area contributed by atoms with Gasteiger partial charge in [0.05, 0.1) is 23.7 Å². The number of hydrogen-bond acceptors (Lipinski definition) is 2. The average molecular weight is 322 g/mol. The molecule has 2 aromatic rings. The minimum absolute atomic E-state index is 0.299. The van der Waals surface area contributed by atoms with E-state index in [9.17, 15) is 4.39 Å². The van der Waals surface area contributed by atoms with Gasteiger partial charge in [0, 0.05) is 5.56 Å². The van der Waals surface area contributed by atoms with Crippen molar-refractivity contribution in [3.63, 3.8) is 0 Å². The Hall–Kier alpha value is -1.23. The molecule has 19 heavy (non-hydrogen) atoms. The van der Waals surface area contributed by atoms with Crippen molar-refractivity contribution in [2.45, 2.75) is 19.3 Å². The molecule has 0 aliphatic carbocycles. The summed E-state index contributed by atoms with van der Waals surface area (Å²) in [6, 6.07) is 10.7. The minimum atomic E-state index is -0.469. The molecule has 2 aromatic carbocycles. The van der Waals surface area contributed by atoms with Crippen LogP contribution in [0, 0.1) is 5.82 Å². The molecule has 1 heterocycles. The van der Waals surface area contributed by atoms with Crippen molar-refractivity contribution in [3.05, 3.63) is 68.9 Å². The van der Waals surface area contributed by atoms with E-state index >= 15 is 0 Å². The molecule has 2 nitrogen and oxygen atoms in total. The van der Waals surface area contributed by atoms with Crippen LogP contribution in [0.4, 0.5) is 4.39 Å². The second-order valence-corrected chi connectivity index (χ2v) is 5.50. The average Bonchev–Trinajstić information content (AvgIpc) is 2.88. The summed E-state index contributed by atoms with van der Waals surface area (Å²) in [4.78, 5) is 0. The monoisotopic (exact) mass is 321 g/mol. The first-order valence-electron chi connectivity index (χ1n) is 6.06. The van der Waals surface area contributed by atoms with Crippen molar-refractivity contribution in [2.75, 3.05) is 0 Å². The molecule has 0 saturated carbocycles. The zero-order valence-corrected chi connectivity index (χ0v) is 11.8. The van der Waals surface area contributed by atoms with E-state index in [1.807, 2.05) is 18.2 Å². The van der Waals surface area contributed by atoms with Gasteiger partial charge in [-0.25, -0.2) is 4.39 Å². The second-order valence-electron chi connectivity index (χ2n) is 4.64. The second kappa shape index (κ2) is 5.04. The lowest BCUT2D eigenvalue weighted by atomic mass is 9.96. The maximum absolute atomic E-state index is 14.1. The van der Waals surface area contributed by atoms with Gasteiger partial charge in [-0.15, -0.1) is 0 Å². The molecule has 3 rings (SSSR count). The lowest BCUT2D eigenvalue weighted by molar-refractivity contribution is 0.134. The van der Waals surface area contributed by atoms with Crippen LogP contribution in [0.5, 0.6) is 0 Å². The number of nitrogens with two attached hydrogens (primary N) is 1. The van der Waals surface area contributed by atoms with Crippen LogP contribution in [-0.2, 0) is 18.0 Å². The smallest absolute Gasteiger partial charge is 0.142 e. The van der Waals surface area contributed by atoms with Gasteiger partial charge in [-0.05, 0) is 38.7 Å². The van der Waals surface area contributed by atoms with E-state index in [0.29, 0.717) is 23.2 Å². The fraction of sp³-hybridized carbons (Fsp3) is 0.200. The molecule has 1 unspecified atom stereocenters. The van der Waals surface area contributed by atoms with Gasteiger partial charge in [0.1, 0.15) is 5.82 Å². The number of hydrogen-bond donors (Lipinski definition) is 1. The standard InChI is InChI=1S/C15H13BrFNO/c16-13-3-1-2-12(14(13)17)15(18)9-4-5-10-7-19-8-11(10)6-9/h1-6,15H,7-8,18H2. The summed E-state index contributed by atoms with van der Waals surface area (Å²) in [5.74, 6) is -0.299. The van der Waals surface area contributed by atoms with E-state index in [-0.39, 0.29) is 5.82 Å². The van der Waals surface area contributed by atoms with Gasteiger partial charge in [-0.2, -0.15) is 0 Å². The Kier molecular flexibility index (Phi) is 3.39. The van der Waals surface area contributed by atoms with Gasteiger partial charge in [0.25, 0.3) is 0 Å². The van der Waals surface area contributed by atoms with E-state index in [2.05, 4.69) is 15.9 Å². The number of halogens is 2. The van der Waals surface area contributed by atoms with Gasteiger partial charge in [-0.3, -0.25) is 0 Å². The van der Waals surface area contributed by atoms with Gasteiger partial charge < -0.3 is 10.5 Å². The highest BCUT2D eigenvalue weighted by molar-refractivity contribution is 9.10. The minimum Gasteiger partial charge on any atom is -0.372 e. The molecule has 0 fully saturated rings. The van der Waals surface area contributed by atoms with Crippen LogP contribution in [0.2, 0.25) is 0 Å². The first-order chi connectivity index (χ1) is 9.16. The molecule has 1 aliphatic heterocycles. The molecule has 1 atom stereocenters. The summed E-state index contributed by atoms with van der Waals surface area (Å²) < 4.78 is 19.9. The number of benzene rings is 2. The number of fused-ring (bicyclic) bond motifs is 1. The Morgan fingerprint density at radius 2 is 1.95 bits per heavy atom. The third-order valence-electron chi connectivity index (χ3n) is 3.42. The first-order valence-corrected chi connectivity index (χ1v) is 6.85. The van der Waals surface area contributed by atoms with E-state index in [1.54, 1.807) is 18.2 Å². The predicted molar refractivity (Wildman–Crippen MR) is 75.1 cm³/mol. The zero-order valence-electron chi connectivity index (χ0n) is 10.2. The van der Waals surface area contributed by atoms with Crippen LogP contribution >= 0.6 is 15.9 Å². The topological polar surface area (TPSA) is 35.2 Å². The Morgan fingerprint density at radius 3 is 2.79 bits per heavy atom.